The number of carbonyl (C=O) groups excluding carboxylic acids is 1. The van der Waals surface area contributed by atoms with Gasteiger partial charge in [0, 0.05) is 32.2 Å². The largest absolute Gasteiger partial charge is 0.353 e. The number of amides is 1. The highest BCUT2D eigenvalue weighted by Gasteiger charge is 2.24. The van der Waals surface area contributed by atoms with Crippen LogP contribution in [-0.2, 0) is 0 Å². The molecular formula is C16H14ClFN4O3. The number of anilines is 1. The summed E-state index contributed by atoms with van der Waals surface area (Å²) in [7, 11) is 0. The summed E-state index contributed by atoms with van der Waals surface area (Å²) in [6.07, 6.45) is 1.21. The quantitative estimate of drug-likeness (QED) is 0.618. The van der Waals surface area contributed by atoms with Gasteiger partial charge in [-0.3, -0.25) is 14.9 Å². The van der Waals surface area contributed by atoms with Gasteiger partial charge >= 0.3 is 0 Å². The Balaban J connectivity index is 1.65. The highest BCUT2D eigenvalue weighted by molar-refractivity contribution is 6.33. The SMILES string of the molecule is O=C(c1ccc(F)cc1Cl)N1CCN(c2ccc([N+](=O)[O-])cn2)CC1. The first-order valence-electron chi connectivity index (χ1n) is 7.55. The summed E-state index contributed by atoms with van der Waals surface area (Å²) >= 11 is 5.95. The Morgan fingerprint density at radius 3 is 2.48 bits per heavy atom. The lowest BCUT2D eigenvalue weighted by Crippen LogP contribution is -2.49. The van der Waals surface area contributed by atoms with E-state index in [-0.39, 0.29) is 22.2 Å². The second-order valence-corrected chi connectivity index (χ2v) is 5.94. The number of nitro groups is 1. The first-order valence-corrected chi connectivity index (χ1v) is 7.93. The van der Waals surface area contributed by atoms with E-state index in [1.807, 2.05) is 4.90 Å². The summed E-state index contributed by atoms with van der Waals surface area (Å²) < 4.78 is 13.1. The smallest absolute Gasteiger partial charge is 0.287 e. The summed E-state index contributed by atoms with van der Waals surface area (Å²) in [4.78, 5) is 30.3. The van der Waals surface area contributed by atoms with Crippen molar-refractivity contribution in [1.82, 2.24) is 9.88 Å². The van der Waals surface area contributed by atoms with Gasteiger partial charge in [-0.15, -0.1) is 0 Å². The highest BCUT2D eigenvalue weighted by atomic mass is 35.5. The van der Waals surface area contributed by atoms with Crippen LogP contribution in [0.4, 0.5) is 15.9 Å². The molecule has 0 radical (unpaired) electrons. The third-order valence-corrected chi connectivity index (χ3v) is 4.31. The van der Waals surface area contributed by atoms with Gasteiger partial charge in [0.1, 0.15) is 17.8 Å². The number of benzene rings is 1. The summed E-state index contributed by atoms with van der Waals surface area (Å²) in [5.74, 6) is -0.116. The summed E-state index contributed by atoms with van der Waals surface area (Å²) in [6, 6.07) is 6.69. The lowest BCUT2D eigenvalue weighted by atomic mass is 10.1. The van der Waals surface area contributed by atoms with Gasteiger partial charge in [-0.1, -0.05) is 11.6 Å². The highest BCUT2D eigenvalue weighted by Crippen LogP contribution is 2.21. The Kier molecular flexibility index (Phi) is 4.80. The van der Waals surface area contributed by atoms with Gasteiger partial charge in [0.2, 0.25) is 0 Å². The van der Waals surface area contributed by atoms with Gasteiger partial charge in [-0.2, -0.15) is 0 Å². The van der Waals surface area contributed by atoms with E-state index in [2.05, 4.69) is 4.98 Å². The third kappa shape index (κ3) is 3.69. The topological polar surface area (TPSA) is 79.6 Å². The van der Waals surface area contributed by atoms with Crippen molar-refractivity contribution in [3.63, 3.8) is 0 Å². The number of nitrogens with zero attached hydrogens (tertiary/aromatic N) is 4. The molecule has 25 heavy (non-hydrogen) atoms. The zero-order chi connectivity index (χ0) is 18.0. The van der Waals surface area contributed by atoms with E-state index < -0.39 is 10.7 Å². The van der Waals surface area contributed by atoms with E-state index in [0.29, 0.717) is 32.0 Å². The standard InChI is InChI=1S/C16H14ClFN4O3/c17-14-9-11(18)1-3-13(14)16(23)21-7-5-20(6-8-21)15-4-2-12(10-19-15)22(24)25/h1-4,9-10H,5-8H2. The number of pyridine rings is 1. The molecule has 0 aliphatic carbocycles. The predicted octanol–water partition coefficient (Wildman–Crippen LogP) is 2.74. The van der Waals surface area contributed by atoms with Crippen molar-refractivity contribution in [1.29, 1.82) is 0 Å². The lowest BCUT2D eigenvalue weighted by molar-refractivity contribution is -0.385. The van der Waals surface area contributed by atoms with Crippen LogP contribution in [0.25, 0.3) is 0 Å². The van der Waals surface area contributed by atoms with Crippen LogP contribution in [0.5, 0.6) is 0 Å². The molecule has 2 heterocycles. The van der Waals surface area contributed by atoms with Crippen molar-refractivity contribution >= 4 is 29.0 Å². The maximum Gasteiger partial charge on any atom is 0.287 e. The Bertz CT molecular complexity index is 808. The van der Waals surface area contributed by atoms with E-state index in [1.165, 1.54) is 24.4 Å². The van der Waals surface area contributed by atoms with Gasteiger partial charge in [-0.25, -0.2) is 9.37 Å². The summed E-state index contributed by atoms with van der Waals surface area (Å²) in [6.45, 7) is 1.97. The predicted molar refractivity (Wildman–Crippen MR) is 90.4 cm³/mol. The first kappa shape index (κ1) is 17.1. The molecule has 7 nitrogen and oxygen atoms in total. The van der Waals surface area contributed by atoms with Gasteiger partial charge < -0.3 is 9.80 Å². The third-order valence-electron chi connectivity index (χ3n) is 4.00. The van der Waals surface area contributed by atoms with E-state index >= 15 is 0 Å². The van der Waals surface area contributed by atoms with E-state index in [0.717, 1.165) is 6.07 Å². The zero-order valence-corrected chi connectivity index (χ0v) is 13.8. The molecule has 1 fully saturated rings. The molecule has 0 spiro atoms. The fourth-order valence-corrected chi connectivity index (χ4v) is 2.89. The molecule has 1 aliphatic rings. The van der Waals surface area contributed by atoms with Gasteiger partial charge in [0.25, 0.3) is 11.6 Å². The molecule has 1 amide bonds. The maximum absolute atomic E-state index is 13.1. The van der Waals surface area contributed by atoms with Crippen LogP contribution in [-0.4, -0.2) is 46.9 Å². The molecule has 9 heteroatoms. The molecule has 130 valence electrons. The minimum atomic E-state index is -0.500. The van der Waals surface area contributed by atoms with E-state index in [1.54, 1.807) is 11.0 Å². The fraction of sp³-hybridized carbons (Fsp3) is 0.250. The van der Waals surface area contributed by atoms with E-state index in [4.69, 9.17) is 11.6 Å². The van der Waals surface area contributed by atoms with Crippen molar-refractivity contribution in [3.8, 4) is 0 Å². The van der Waals surface area contributed by atoms with E-state index in [9.17, 15) is 19.3 Å². The van der Waals surface area contributed by atoms with Crippen molar-refractivity contribution in [2.45, 2.75) is 0 Å². The number of rotatable bonds is 3. The molecular weight excluding hydrogens is 351 g/mol. The Morgan fingerprint density at radius 2 is 1.92 bits per heavy atom. The fourth-order valence-electron chi connectivity index (χ4n) is 2.65. The number of hydrogen-bond acceptors (Lipinski definition) is 5. The van der Waals surface area contributed by atoms with Crippen LogP contribution in [0.1, 0.15) is 10.4 Å². The Hall–Kier alpha value is -2.74. The second-order valence-electron chi connectivity index (χ2n) is 5.54. The molecule has 0 N–H and O–H groups in total. The van der Waals surface area contributed by atoms with Crippen molar-refractivity contribution in [2.75, 3.05) is 31.1 Å². The first-order chi connectivity index (χ1) is 12.0. The summed E-state index contributed by atoms with van der Waals surface area (Å²) in [5, 5.41) is 10.8. The van der Waals surface area contributed by atoms with Crippen molar-refractivity contribution < 1.29 is 14.1 Å². The molecule has 0 atom stereocenters. The molecule has 1 aromatic heterocycles. The number of halogens is 2. The Morgan fingerprint density at radius 1 is 1.20 bits per heavy atom. The van der Waals surface area contributed by atoms with Gasteiger partial charge in [-0.05, 0) is 24.3 Å². The monoisotopic (exact) mass is 364 g/mol. The molecule has 2 aromatic rings. The maximum atomic E-state index is 13.1. The normalized spacial score (nSPS) is 14.5. The zero-order valence-electron chi connectivity index (χ0n) is 13.1. The number of carbonyl (C=O) groups is 1. The van der Waals surface area contributed by atoms with Crippen LogP contribution in [0.3, 0.4) is 0 Å². The van der Waals surface area contributed by atoms with Crippen LogP contribution < -0.4 is 4.90 Å². The number of hydrogen-bond donors (Lipinski definition) is 0. The van der Waals surface area contributed by atoms with Crippen molar-refractivity contribution in [2.24, 2.45) is 0 Å². The average Bonchev–Trinajstić information content (AvgIpc) is 2.61. The lowest BCUT2D eigenvalue weighted by Gasteiger charge is -2.35. The molecule has 0 unspecified atom stereocenters. The molecule has 1 aliphatic heterocycles. The molecule has 0 saturated carbocycles. The van der Waals surface area contributed by atoms with Crippen molar-refractivity contribution in [3.05, 3.63) is 63.0 Å². The minimum Gasteiger partial charge on any atom is -0.353 e. The van der Waals surface area contributed by atoms with Crippen LogP contribution in [0.2, 0.25) is 5.02 Å². The van der Waals surface area contributed by atoms with Crippen LogP contribution >= 0.6 is 11.6 Å². The molecule has 1 aromatic carbocycles. The van der Waals surface area contributed by atoms with Gasteiger partial charge in [0.05, 0.1) is 15.5 Å². The summed E-state index contributed by atoms with van der Waals surface area (Å²) in [5.41, 5.74) is 0.202. The minimum absolute atomic E-state index is 0.0662. The number of aromatic nitrogens is 1. The second kappa shape index (κ2) is 7.02. The molecule has 0 bridgehead atoms. The number of piperazine rings is 1. The average molecular weight is 365 g/mol. The van der Waals surface area contributed by atoms with Gasteiger partial charge in [0.15, 0.2) is 0 Å². The van der Waals surface area contributed by atoms with Crippen LogP contribution in [0.15, 0.2) is 36.5 Å². The molecule has 1 saturated heterocycles. The Labute approximate surface area is 147 Å². The van der Waals surface area contributed by atoms with Crippen LogP contribution in [0, 0.1) is 15.9 Å². The molecule has 3 rings (SSSR count).